The predicted octanol–water partition coefficient (Wildman–Crippen LogP) is 12.0. The smallest absolute Gasteiger partial charge is 0.298 e. The number of alkyl halides is 2. The summed E-state index contributed by atoms with van der Waals surface area (Å²) < 4.78 is 36.3. The van der Waals surface area contributed by atoms with Crippen LogP contribution in [0.25, 0.3) is 27.6 Å². The zero-order valence-corrected chi connectivity index (χ0v) is 29.0. The molecule has 8 rings (SSSR count). The second kappa shape index (κ2) is 11.8. The van der Waals surface area contributed by atoms with Crippen LogP contribution in [0.2, 0.25) is 0 Å². The Bertz CT molecular complexity index is 2370. The normalized spacial score (nSPS) is 13.5. The molecule has 0 radical (unpaired) electrons. The van der Waals surface area contributed by atoms with Crippen molar-refractivity contribution in [2.24, 2.45) is 0 Å². The average molecular weight is 663 g/mol. The van der Waals surface area contributed by atoms with Crippen LogP contribution < -0.4 is 9.80 Å². The van der Waals surface area contributed by atoms with Gasteiger partial charge in [0.15, 0.2) is 0 Å². The Morgan fingerprint density at radius 3 is 1.98 bits per heavy atom. The number of pyridine rings is 1. The van der Waals surface area contributed by atoms with Gasteiger partial charge in [-0.1, -0.05) is 95.3 Å². The molecule has 7 aromatic rings. The van der Waals surface area contributed by atoms with Gasteiger partial charge < -0.3 is 9.80 Å². The van der Waals surface area contributed by atoms with Gasteiger partial charge in [0.25, 0.3) is 5.92 Å². The zero-order chi connectivity index (χ0) is 34.8. The van der Waals surface area contributed by atoms with Crippen LogP contribution in [0.4, 0.5) is 31.5 Å². The molecule has 0 spiro atoms. The summed E-state index contributed by atoms with van der Waals surface area (Å²) in [6, 6.07) is 41.0. The van der Waals surface area contributed by atoms with Crippen molar-refractivity contribution in [2.45, 2.75) is 51.9 Å². The van der Waals surface area contributed by atoms with Gasteiger partial charge in [-0.05, 0) is 89.2 Å². The first kappa shape index (κ1) is 31.8. The molecule has 1 aliphatic rings. The maximum Gasteiger partial charge on any atom is 0.298 e. The number of halogens is 2. The molecule has 0 fully saturated rings. The van der Waals surface area contributed by atoms with Crippen LogP contribution >= 0.6 is 0 Å². The molecule has 5 aromatic carbocycles. The minimum Gasteiger partial charge on any atom is -0.321 e. The highest BCUT2D eigenvalue weighted by atomic mass is 19.3. The lowest BCUT2D eigenvalue weighted by Crippen LogP contribution is -2.25. The van der Waals surface area contributed by atoms with Gasteiger partial charge in [0.2, 0.25) is 0 Å². The lowest BCUT2D eigenvalue weighted by molar-refractivity contribution is 0.0429. The van der Waals surface area contributed by atoms with E-state index in [0.717, 1.165) is 50.2 Å². The van der Waals surface area contributed by atoms with E-state index in [1.165, 1.54) is 0 Å². The number of hydrogen-bond donors (Lipinski definition) is 0. The maximum atomic E-state index is 17.1. The average Bonchev–Trinajstić information content (AvgIpc) is 3.68. The standard InChI is InChI=1S/C44H40F2N4/c1-29(2)30-23-33(25-35(24-30)49-28-48(34-13-7-6-8-14-34)39-17-11-12-18-40(39)49)44(45,46)32-19-20-37-36-15-9-10-16-38(36)50(41(37)26-32)42-27-31(21-22-47-42)43(3,4)5/h6-27,29H,28H2,1-5H3. The van der Waals surface area contributed by atoms with Crippen LogP contribution in [0.15, 0.2) is 134 Å². The zero-order valence-electron chi connectivity index (χ0n) is 29.0. The number of aromatic nitrogens is 2. The first-order valence-corrected chi connectivity index (χ1v) is 17.2. The van der Waals surface area contributed by atoms with E-state index in [4.69, 9.17) is 4.98 Å². The maximum absolute atomic E-state index is 17.1. The Kier molecular flexibility index (Phi) is 7.52. The first-order valence-electron chi connectivity index (χ1n) is 17.2. The summed E-state index contributed by atoms with van der Waals surface area (Å²) in [6.07, 6.45) is 1.81. The van der Waals surface area contributed by atoms with E-state index in [9.17, 15) is 0 Å². The van der Waals surface area contributed by atoms with E-state index >= 15 is 8.78 Å². The van der Waals surface area contributed by atoms with Crippen LogP contribution in [-0.2, 0) is 11.3 Å². The van der Waals surface area contributed by atoms with Gasteiger partial charge in [0.1, 0.15) is 12.5 Å². The van der Waals surface area contributed by atoms with Crippen molar-refractivity contribution in [3.8, 4) is 5.82 Å². The number of para-hydroxylation sites is 4. The Labute approximate surface area is 292 Å². The molecule has 3 heterocycles. The molecule has 4 nitrogen and oxygen atoms in total. The second-order valence-corrected chi connectivity index (χ2v) is 14.6. The van der Waals surface area contributed by atoms with Gasteiger partial charge in [0.05, 0.1) is 22.4 Å². The number of rotatable bonds is 6. The largest absolute Gasteiger partial charge is 0.321 e. The van der Waals surface area contributed by atoms with Crippen molar-refractivity contribution in [2.75, 3.05) is 16.5 Å². The fraction of sp³-hybridized carbons (Fsp3) is 0.205. The second-order valence-electron chi connectivity index (χ2n) is 14.6. The monoisotopic (exact) mass is 662 g/mol. The molecule has 0 N–H and O–H groups in total. The molecule has 0 unspecified atom stereocenters. The van der Waals surface area contributed by atoms with Crippen LogP contribution in [0.1, 0.15) is 62.8 Å². The molecular formula is C44H40F2N4. The quantitative estimate of drug-likeness (QED) is 0.177. The summed E-state index contributed by atoms with van der Waals surface area (Å²) in [6.45, 7) is 11.1. The topological polar surface area (TPSA) is 24.3 Å². The number of hydrogen-bond acceptors (Lipinski definition) is 3. The number of nitrogens with zero attached hydrogens (tertiary/aromatic N) is 4. The highest BCUT2D eigenvalue weighted by Gasteiger charge is 2.37. The number of benzene rings is 5. The summed E-state index contributed by atoms with van der Waals surface area (Å²) in [5, 5.41) is 1.91. The Balaban J connectivity index is 1.27. The molecular weight excluding hydrogens is 623 g/mol. The summed E-state index contributed by atoms with van der Waals surface area (Å²) in [7, 11) is 0. The van der Waals surface area contributed by atoms with Crippen LogP contribution in [-0.4, -0.2) is 16.2 Å². The first-order chi connectivity index (χ1) is 24.0. The Morgan fingerprint density at radius 2 is 1.26 bits per heavy atom. The highest BCUT2D eigenvalue weighted by molar-refractivity contribution is 6.09. The number of fused-ring (bicyclic) bond motifs is 4. The lowest BCUT2D eigenvalue weighted by atomic mass is 9.88. The van der Waals surface area contributed by atoms with Crippen molar-refractivity contribution >= 4 is 44.6 Å². The number of anilines is 4. The summed E-state index contributed by atoms with van der Waals surface area (Å²) in [4.78, 5) is 9.11. The Morgan fingerprint density at radius 1 is 0.600 bits per heavy atom. The van der Waals surface area contributed by atoms with E-state index in [1.807, 2.05) is 77.5 Å². The van der Waals surface area contributed by atoms with Crippen LogP contribution in [0, 0.1) is 0 Å². The van der Waals surface area contributed by atoms with Crippen molar-refractivity contribution in [3.63, 3.8) is 0 Å². The SMILES string of the molecule is CC(C)c1cc(N2CN(c3ccccc3)c3ccccc32)cc(C(F)(F)c2ccc3c4ccccc4n(-c4cc(C(C)(C)C)ccn4)c3c2)c1. The minimum atomic E-state index is -3.27. The molecule has 50 heavy (non-hydrogen) atoms. The van der Waals surface area contributed by atoms with Gasteiger partial charge in [-0.15, -0.1) is 0 Å². The third-order valence-corrected chi connectivity index (χ3v) is 9.97. The molecule has 1 aliphatic heterocycles. The van der Waals surface area contributed by atoms with E-state index < -0.39 is 5.92 Å². The van der Waals surface area contributed by atoms with Gasteiger partial charge in [0, 0.05) is 39.5 Å². The molecule has 0 amide bonds. The fourth-order valence-electron chi connectivity index (χ4n) is 7.16. The summed E-state index contributed by atoms with van der Waals surface area (Å²) >= 11 is 0. The van der Waals surface area contributed by atoms with Crippen molar-refractivity contribution < 1.29 is 8.78 Å². The van der Waals surface area contributed by atoms with Gasteiger partial charge >= 0.3 is 0 Å². The molecule has 250 valence electrons. The highest BCUT2D eigenvalue weighted by Crippen LogP contribution is 2.47. The molecule has 0 saturated carbocycles. The van der Waals surface area contributed by atoms with Crippen molar-refractivity contribution in [3.05, 3.63) is 156 Å². The summed E-state index contributed by atoms with van der Waals surface area (Å²) in [5.74, 6) is -2.50. The van der Waals surface area contributed by atoms with Crippen molar-refractivity contribution in [1.29, 1.82) is 0 Å². The third-order valence-electron chi connectivity index (χ3n) is 9.97. The van der Waals surface area contributed by atoms with Crippen LogP contribution in [0.3, 0.4) is 0 Å². The van der Waals surface area contributed by atoms with Crippen LogP contribution in [0.5, 0.6) is 0 Å². The Hall–Kier alpha value is -5.49. The van der Waals surface area contributed by atoms with E-state index in [0.29, 0.717) is 18.0 Å². The lowest BCUT2D eigenvalue weighted by Gasteiger charge is -2.26. The molecule has 0 aliphatic carbocycles. The predicted molar refractivity (Wildman–Crippen MR) is 203 cm³/mol. The molecule has 0 saturated heterocycles. The molecule has 6 heteroatoms. The van der Waals surface area contributed by atoms with Crippen molar-refractivity contribution in [1.82, 2.24) is 9.55 Å². The minimum absolute atomic E-state index is 0.0239. The van der Waals surface area contributed by atoms with Gasteiger partial charge in [-0.2, -0.15) is 8.78 Å². The van der Waals surface area contributed by atoms with E-state index in [1.54, 1.807) is 24.3 Å². The fourth-order valence-corrected chi connectivity index (χ4v) is 7.16. The molecule has 0 atom stereocenters. The third kappa shape index (κ3) is 5.30. The molecule has 2 aromatic heterocycles. The molecule has 0 bridgehead atoms. The van der Waals surface area contributed by atoms with E-state index in [2.05, 4.69) is 80.8 Å². The van der Waals surface area contributed by atoms with Gasteiger partial charge in [-0.25, -0.2) is 4.98 Å². The summed E-state index contributed by atoms with van der Waals surface area (Å²) in [5.41, 5.74) is 7.29. The van der Waals surface area contributed by atoms with E-state index in [-0.39, 0.29) is 22.5 Å². The van der Waals surface area contributed by atoms with Gasteiger partial charge in [-0.3, -0.25) is 4.57 Å².